The first-order valence-electron chi connectivity index (χ1n) is 15.5. The number of imide groups is 1. The Kier molecular flexibility index (Phi) is 8.71. The summed E-state index contributed by atoms with van der Waals surface area (Å²) < 4.78 is 15.0. The number of piperidine rings is 1. The average molecular weight is 633 g/mol. The smallest absolute Gasteiger partial charge is 0.317 e. The molecular formula is C32H40N8O6. The molecule has 46 heavy (non-hydrogen) atoms. The van der Waals surface area contributed by atoms with Gasteiger partial charge in [-0.25, -0.2) is 4.79 Å². The second-order valence-corrected chi connectivity index (χ2v) is 11.9. The van der Waals surface area contributed by atoms with E-state index in [9.17, 15) is 19.2 Å². The predicted molar refractivity (Wildman–Crippen MR) is 170 cm³/mol. The summed E-state index contributed by atoms with van der Waals surface area (Å²) >= 11 is 0. The summed E-state index contributed by atoms with van der Waals surface area (Å²) in [6, 6.07) is 3.33. The monoisotopic (exact) mass is 632 g/mol. The van der Waals surface area contributed by atoms with E-state index in [0.717, 1.165) is 54.1 Å². The fraction of sp³-hybridized carbons (Fsp3) is 0.469. The molecule has 1 unspecified atom stereocenters. The Morgan fingerprint density at radius 3 is 2.37 bits per heavy atom. The van der Waals surface area contributed by atoms with Crippen molar-refractivity contribution in [1.82, 2.24) is 34.8 Å². The van der Waals surface area contributed by atoms with Gasteiger partial charge >= 0.3 is 6.03 Å². The lowest BCUT2D eigenvalue weighted by molar-refractivity contribution is -0.135. The Balaban J connectivity index is 1.19. The number of piperazine rings is 1. The first kappa shape index (κ1) is 31.1. The number of aryl methyl sites for hydroxylation is 1. The summed E-state index contributed by atoms with van der Waals surface area (Å²) in [5.41, 5.74) is 5.15. The van der Waals surface area contributed by atoms with E-state index in [0.29, 0.717) is 49.4 Å². The van der Waals surface area contributed by atoms with Crippen molar-refractivity contribution in [1.29, 1.82) is 0 Å². The lowest BCUT2D eigenvalue weighted by Gasteiger charge is -2.35. The second-order valence-electron chi connectivity index (χ2n) is 11.9. The van der Waals surface area contributed by atoms with Crippen LogP contribution in [0.4, 0.5) is 10.5 Å². The van der Waals surface area contributed by atoms with Crippen LogP contribution in [0.1, 0.15) is 35.6 Å². The number of carbonyl (C=O) groups excluding carboxylic acids is 3. The number of fused-ring (bicyclic) bond motifs is 1. The SMILES string of the molecule is CNC(=O)N1CCc2c(-c3cc(OC)c(CN4CCN(c5cnn(C6CCC(=O)NC6=O)c5)CC4)c(OC)c3)cn(C)c(=O)c2C1. The quantitative estimate of drug-likeness (QED) is 0.368. The van der Waals surface area contributed by atoms with Gasteiger partial charge in [-0.1, -0.05) is 0 Å². The Bertz CT molecular complexity index is 1700. The maximum Gasteiger partial charge on any atom is 0.317 e. The van der Waals surface area contributed by atoms with Gasteiger partial charge in [0.15, 0.2) is 0 Å². The van der Waals surface area contributed by atoms with Gasteiger partial charge in [-0.05, 0) is 36.1 Å². The normalized spacial score (nSPS) is 18.7. The number of urea groups is 1. The van der Waals surface area contributed by atoms with Crippen LogP contribution < -0.4 is 30.6 Å². The summed E-state index contributed by atoms with van der Waals surface area (Å²) in [5.74, 6) is 0.850. The van der Waals surface area contributed by atoms with Crippen molar-refractivity contribution in [3.8, 4) is 22.6 Å². The highest BCUT2D eigenvalue weighted by Gasteiger charge is 2.30. The molecule has 3 aliphatic rings. The maximum atomic E-state index is 13.1. The third-order valence-electron chi connectivity index (χ3n) is 9.23. The van der Waals surface area contributed by atoms with Gasteiger partial charge in [0.1, 0.15) is 17.5 Å². The molecule has 14 nitrogen and oxygen atoms in total. The summed E-state index contributed by atoms with van der Waals surface area (Å²) in [5, 5.41) is 9.47. The highest BCUT2D eigenvalue weighted by Crippen LogP contribution is 2.38. The molecule has 6 rings (SSSR count). The lowest BCUT2D eigenvalue weighted by atomic mass is 9.91. The van der Waals surface area contributed by atoms with Crippen LogP contribution in [0.3, 0.4) is 0 Å². The summed E-state index contributed by atoms with van der Waals surface area (Å²) in [7, 11) is 6.62. The minimum Gasteiger partial charge on any atom is -0.496 e. The number of nitrogens with one attached hydrogen (secondary N) is 2. The van der Waals surface area contributed by atoms with Crippen molar-refractivity contribution in [3.05, 3.63) is 57.8 Å². The number of methoxy groups -OCH3 is 2. The molecule has 2 saturated heterocycles. The molecule has 0 bridgehead atoms. The summed E-state index contributed by atoms with van der Waals surface area (Å²) in [6.07, 6.45) is 6.84. The average Bonchev–Trinajstić information content (AvgIpc) is 3.56. The van der Waals surface area contributed by atoms with Crippen molar-refractivity contribution in [2.75, 3.05) is 58.9 Å². The van der Waals surface area contributed by atoms with Crippen LogP contribution in [-0.4, -0.2) is 96.0 Å². The van der Waals surface area contributed by atoms with Crippen LogP contribution in [0, 0.1) is 0 Å². The molecule has 2 fully saturated rings. The zero-order chi connectivity index (χ0) is 32.5. The summed E-state index contributed by atoms with van der Waals surface area (Å²) in [4.78, 5) is 55.5. The van der Waals surface area contributed by atoms with Crippen LogP contribution in [0.15, 0.2) is 35.5 Å². The zero-order valence-electron chi connectivity index (χ0n) is 26.7. The van der Waals surface area contributed by atoms with E-state index in [4.69, 9.17) is 9.47 Å². The highest BCUT2D eigenvalue weighted by molar-refractivity contribution is 5.99. The number of rotatable bonds is 7. The van der Waals surface area contributed by atoms with Crippen molar-refractivity contribution in [2.24, 2.45) is 7.05 Å². The minimum absolute atomic E-state index is 0.106. The molecule has 14 heteroatoms. The molecule has 4 amide bonds. The van der Waals surface area contributed by atoms with E-state index >= 15 is 0 Å². The van der Waals surface area contributed by atoms with Crippen LogP contribution in [0.2, 0.25) is 0 Å². The molecule has 5 heterocycles. The Morgan fingerprint density at radius 1 is 1.00 bits per heavy atom. The van der Waals surface area contributed by atoms with Gasteiger partial charge in [-0.3, -0.25) is 29.3 Å². The molecule has 2 N–H and O–H groups in total. The van der Waals surface area contributed by atoms with Crippen molar-refractivity contribution in [2.45, 2.75) is 38.4 Å². The Hall–Kier alpha value is -4.85. The standard InChI is InChI=1S/C32H40N8O6/c1-33-32(44)39-8-7-22-23(17-36(2)31(43)24(22)19-39)20-13-27(45-3)25(28(14-20)46-4)18-37-9-11-38(12-10-37)21-15-34-40(16-21)26-5-6-29(41)35-30(26)42/h13-17,26H,5-12,18-19H2,1-4H3,(H,33,44)(H,35,41,42). The molecule has 3 aromatic rings. The molecule has 0 radical (unpaired) electrons. The van der Waals surface area contributed by atoms with Gasteiger partial charge in [0.2, 0.25) is 5.91 Å². The van der Waals surface area contributed by atoms with Gasteiger partial charge in [0.05, 0.1) is 38.2 Å². The third kappa shape index (κ3) is 5.91. The number of aromatic nitrogens is 3. The number of carbonyl (C=O) groups is 3. The first-order valence-corrected chi connectivity index (χ1v) is 15.5. The predicted octanol–water partition coefficient (Wildman–Crippen LogP) is 1.26. The van der Waals surface area contributed by atoms with Crippen molar-refractivity contribution >= 4 is 23.5 Å². The highest BCUT2D eigenvalue weighted by atomic mass is 16.5. The summed E-state index contributed by atoms with van der Waals surface area (Å²) in [6.45, 7) is 4.56. The first-order chi connectivity index (χ1) is 22.2. The molecule has 1 aromatic carbocycles. The van der Waals surface area contributed by atoms with Gasteiger partial charge in [0.25, 0.3) is 11.5 Å². The van der Waals surface area contributed by atoms with Crippen LogP contribution in [-0.2, 0) is 36.1 Å². The molecule has 0 aliphatic carbocycles. The number of ether oxygens (including phenoxy) is 2. The second kappa shape index (κ2) is 12.9. The molecule has 0 saturated carbocycles. The fourth-order valence-corrected chi connectivity index (χ4v) is 6.66. The van der Waals surface area contributed by atoms with E-state index in [1.54, 1.807) is 48.7 Å². The largest absolute Gasteiger partial charge is 0.496 e. The number of anilines is 1. The van der Waals surface area contributed by atoms with Gasteiger partial charge in [0, 0.05) is 83.3 Å². The number of benzene rings is 1. The zero-order valence-corrected chi connectivity index (χ0v) is 26.7. The van der Waals surface area contributed by atoms with E-state index in [1.165, 1.54) is 0 Å². The van der Waals surface area contributed by atoms with E-state index < -0.39 is 6.04 Å². The van der Waals surface area contributed by atoms with E-state index in [2.05, 4.69) is 25.5 Å². The number of amides is 4. The number of pyridine rings is 1. The van der Waals surface area contributed by atoms with Gasteiger partial charge in [-0.2, -0.15) is 5.10 Å². The Labute approximate surface area is 266 Å². The molecular weight excluding hydrogens is 592 g/mol. The van der Waals surface area contributed by atoms with Crippen molar-refractivity contribution < 1.29 is 23.9 Å². The molecule has 244 valence electrons. The number of nitrogens with zero attached hydrogens (tertiary/aromatic N) is 6. The van der Waals surface area contributed by atoms with E-state index in [-0.39, 0.29) is 29.9 Å². The fourth-order valence-electron chi connectivity index (χ4n) is 6.66. The van der Waals surface area contributed by atoms with Crippen LogP contribution >= 0.6 is 0 Å². The van der Waals surface area contributed by atoms with Crippen molar-refractivity contribution in [3.63, 3.8) is 0 Å². The van der Waals surface area contributed by atoms with Crippen LogP contribution in [0.25, 0.3) is 11.1 Å². The van der Waals surface area contributed by atoms with E-state index in [1.807, 2.05) is 24.5 Å². The molecule has 0 spiro atoms. The molecule has 3 aliphatic heterocycles. The Morgan fingerprint density at radius 2 is 1.72 bits per heavy atom. The number of hydrogen-bond donors (Lipinski definition) is 2. The minimum atomic E-state index is -0.473. The molecule has 2 aromatic heterocycles. The van der Waals surface area contributed by atoms with Gasteiger partial charge < -0.3 is 29.2 Å². The topological polar surface area (TPSA) is 143 Å². The van der Waals surface area contributed by atoms with Crippen LogP contribution in [0.5, 0.6) is 11.5 Å². The molecule has 1 atom stereocenters. The lowest BCUT2D eigenvalue weighted by Crippen LogP contribution is -2.46. The third-order valence-corrected chi connectivity index (χ3v) is 9.23. The van der Waals surface area contributed by atoms with Gasteiger partial charge in [-0.15, -0.1) is 0 Å². The maximum absolute atomic E-state index is 13.1. The number of hydrogen-bond acceptors (Lipinski definition) is 9.